The van der Waals surface area contributed by atoms with Crippen molar-refractivity contribution in [3.63, 3.8) is 0 Å². The number of nitrogens with one attached hydrogen (secondary N) is 1. The lowest BCUT2D eigenvalue weighted by Gasteiger charge is -2.18. The number of carbonyl (C=O) groups excluding carboxylic acids is 1. The second kappa shape index (κ2) is 7.04. The zero-order valence-electron chi connectivity index (χ0n) is 9.97. The number of hydrogen-bond acceptors (Lipinski definition) is 4. The van der Waals surface area contributed by atoms with E-state index in [0.717, 1.165) is 6.08 Å². The minimum atomic E-state index is -0.989. The SMILES string of the molecule is C[C@H](/C=C/C(=O)NO)[C@@H](O)c1cc(Br)cc(Br)c1O. The van der Waals surface area contributed by atoms with Crippen molar-refractivity contribution >= 4 is 37.8 Å². The van der Waals surface area contributed by atoms with Crippen LogP contribution in [0.15, 0.2) is 33.2 Å². The number of hydrogen-bond donors (Lipinski definition) is 4. The first kappa shape index (κ1) is 16.2. The number of phenols is 1. The van der Waals surface area contributed by atoms with E-state index >= 15 is 0 Å². The van der Waals surface area contributed by atoms with Crippen molar-refractivity contribution in [3.8, 4) is 5.75 Å². The number of amides is 1. The van der Waals surface area contributed by atoms with Crippen LogP contribution in [0.4, 0.5) is 0 Å². The van der Waals surface area contributed by atoms with Crippen LogP contribution in [-0.2, 0) is 4.79 Å². The molecule has 1 rings (SSSR count). The standard InChI is InChI=1S/C12H13Br2NO4/c1-6(2-3-10(16)15-19)11(17)8-4-7(13)5-9(14)12(8)18/h2-6,11,17-19H,1H3,(H,15,16)/b3-2+/t6-,11-/m1/s1. The van der Waals surface area contributed by atoms with Gasteiger partial charge >= 0.3 is 0 Å². The van der Waals surface area contributed by atoms with Crippen molar-refractivity contribution in [2.24, 2.45) is 5.92 Å². The molecule has 0 bridgehead atoms. The Labute approximate surface area is 127 Å². The molecule has 0 saturated carbocycles. The minimum absolute atomic E-state index is 0.0532. The van der Waals surface area contributed by atoms with Gasteiger partial charge in [-0.2, -0.15) is 0 Å². The lowest BCUT2D eigenvalue weighted by molar-refractivity contribution is -0.124. The molecule has 4 N–H and O–H groups in total. The number of rotatable bonds is 4. The van der Waals surface area contributed by atoms with Crippen molar-refractivity contribution < 1.29 is 20.2 Å². The van der Waals surface area contributed by atoms with Crippen LogP contribution in [0.25, 0.3) is 0 Å². The molecule has 5 nitrogen and oxygen atoms in total. The normalized spacial score (nSPS) is 14.4. The molecule has 0 aliphatic rings. The maximum atomic E-state index is 10.9. The average molecular weight is 395 g/mol. The van der Waals surface area contributed by atoms with Gasteiger partial charge < -0.3 is 10.2 Å². The zero-order chi connectivity index (χ0) is 14.6. The Morgan fingerprint density at radius 2 is 2.05 bits per heavy atom. The van der Waals surface area contributed by atoms with Crippen molar-refractivity contribution in [1.29, 1.82) is 0 Å². The summed E-state index contributed by atoms with van der Waals surface area (Å²) in [4.78, 5) is 10.9. The second-order valence-electron chi connectivity index (χ2n) is 3.96. The number of aliphatic hydroxyl groups is 1. The van der Waals surface area contributed by atoms with Gasteiger partial charge in [0.1, 0.15) is 5.75 Å². The number of aromatic hydroxyl groups is 1. The van der Waals surface area contributed by atoms with Gasteiger partial charge in [-0.3, -0.25) is 10.0 Å². The Morgan fingerprint density at radius 3 is 2.63 bits per heavy atom. The molecule has 19 heavy (non-hydrogen) atoms. The smallest absolute Gasteiger partial charge is 0.267 e. The van der Waals surface area contributed by atoms with Crippen molar-refractivity contribution in [2.75, 3.05) is 0 Å². The third kappa shape index (κ3) is 4.31. The zero-order valence-corrected chi connectivity index (χ0v) is 13.1. The van der Waals surface area contributed by atoms with E-state index in [1.807, 2.05) is 0 Å². The molecule has 0 aromatic heterocycles. The summed E-state index contributed by atoms with van der Waals surface area (Å²) in [5.74, 6) is -1.16. The number of carbonyl (C=O) groups is 1. The summed E-state index contributed by atoms with van der Waals surface area (Å²) in [6.45, 7) is 1.68. The highest BCUT2D eigenvalue weighted by molar-refractivity contribution is 9.11. The summed E-state index contributed by atoms with van der Waals surface area (Å²) in [5.41, 5.74) is 1.79. The monoisotopic (exact) mass is 393 g/mol. The summed E-state index contributed by atoms with van der Waals surface area (Å²) < 4.78 is 1.16. The Kier molecular flexibility index (Phi) is 5.99. The van der Waals surface area contributed by atoms with Crippen LogP contribution in [0, 0.1) is 5.92 Å². The molecule has 1 amide bonds. The molecule has 0 aliphatic carbocycles. The third-order valence-corrected chi connectivity index (χ3v) is 3.60. The molecule has 0 fully saturated rings. The maximum Gasteiger partial charge on any atom is 0.267 e. The molecular weight excluding hydrogens is 382 g/mol. The molecule has 104 valence electrons. The van der Waals surface area contributed by atoms with E-state index in [4.69, 9.17) is 5.21 Å². The van der Waals surface area contributed by atoms with E-state index in [-0.39, 0.29) is 5.75 Å². The Balaban J connectivity index is 2.97. The highest BCUT2D eigenvalue weighted by Gasteiger charge is 2.20. The largest absolute Gasteiger partial charge is 0.506 e. The second-order valence-corrected chi connectivity index (χ2v) is 5.73. The van der Waals surface area contributed by atoms with Crippen LogP contribution in [-0.4, -0.2) is 21.3 Å². The van der Waals surface area contributed by atoms with Crippen LogP contribution in [0.3, 0.4) is 0 Å². The first-order valence-electron chi connectivity index (χ1n) is 5.35. The van der Waals surface area contributed by atoms with Gasteiger partial charge in [-0.25, -0.2) is 5.48 Å². The number of phenolic OH excluding ortho intramolecular Hbond substituents is 1. The van der Waals surface area contributed by atoms with Gasteiger partial charge in [-0.05, 0) is 28.1 Å². The van der Waals surface area contributed by atoms with Crippen LogP contribution < -0.4 is 5.48 Å². The number of hydroxylamine groups is 1. The molecule has 1 aromatic rings. The first-order chi connectivity index (χ1) is 8.86. The van der Waals surface area contributed by atoms with Gasteiger partial charge in [0.05, 0.1) is 10.6 Å². The molecule has 1 aromatic carbocycles. The lowest BCUT2D eigenvalue weighted by atomic mass is 9.96. The molecule has 7 heteroatoms. The summed E-state index contributed by atoms with van der Waals surface area (Å²) in [5, 5.41) is 28.4. The molecular formula is C12H13Br2NO4. The van der Waals surface area contributed by atoms with E-state index in [9.17, 15) is 15.0 Å². The van der Waals surface area contributed by atoms with Crippen molar-refractivity contribution in [2.45, 2.75) is 13.0 Å². The first-order valence-corrected chi connectivity index (χ1v) is 6.93. The molecule has 0 aliphatic heterocycles. The highest BCUT2D eigenvalue weighted by Crippen LogP contribution is 2.37. The topological polar surface area (TPSA) is 89.8 Å². The number of benzene rings is 1. The van der Waals surface area contributed by atoms with E-state index in [1.165, 1.54) is 11.6 Å². The van der Waals surface area contributed by atoms with Crippen LogP contribution >= 0.6 is 31.9 Å². The molecule has 0 unspecified atom stereocenters. The van der Waals surface area contributed by atoms with Gasteiger partial charge in [-0.15, -0.1) is 0 Å². The maximum absolute atomic E-state index is 10.9. The molecule has 0 spiro atoms. The van der Waals surface area contributed by atoms with Gasteiger partial charge in [0, 0.05) is 22.0 Å². The van der Waals surface area contributed by atoms with Crippen LogP contribution in [0.1, 0.15) is 18.6 Å². The van der Waals surface area contributed by atoms with E-state index in [0.29, 0.717) is 14.5 Å². The van der Waals surface area contributed by atoms with Crippen LogP contribution in [0.2, 0.25) is 0 Å². The van der Waals surface area contributed by atoms with E-state index < -0.39 is 17.9 Å². The van der Waals surface area contributed by atoms with Crippen molar-refractivity contribution in [1.82, 2.24) is 5.48 Å². The van der Waals surface area contributed by atoms with E-state index in [1.54, 1.807) is 19.1 Å². The van der Waals surface area contributed by atoms with Crippen molar-refractivity contribution in [3.05, 3.63) is 38.8 Å². The summed E-state index contributed by atoms with van der Waals surface area (Å²) >= 11 is 6.45. The summed E-state index contributed by atoms with van der Waals surface area (Å²) in [6.07, 6.45) is 1.55. The fourth-order valence-corrected chi connectivity index (χ4v) is 2.73. The molecule has 0 heterocycles. The Bertz CT molecular complexity index is 505. The van der Waals surface area contributed by atoms with Gasteiger partial charge in [0.15, 0.2) is 0 Å². The Hall–Kier alpha value is -0.890. The van der Waals surface area contributed by atoms with Gasteiger partial charge in [0.2, 0.25) is 0 Å². The minimum Gasteiger partial charge on any atom is -0.506 e. The number of halogens is 2. The summed E-state index contributed by atoms with van der Waals surface area (Å²) in [6, 6.07) is 3.26. The quantitative estimate of drug-likeness (QED) is 0.359. The summed E-state index contributed by atoms with van der Waals surface area (Å²) in [7, 11) is 0. The molecule has 0 saturated heterocycles. The predicted octanol–water partition coefficient (Wildman–Crippen LogP) is 2.65. The van der Waals surface area contributed by atoms with E-state index in [2.05, 4.69) is 31.9 Å². The lowest BCUT2D eigenvalue weighted by Crippen LogP contribution is -2.16. The molecule has 2 atom stereocenters. The Morgan fingerprint density at radius 1 is 1.42 bits per heavy atom. The fraction of sp³-hybridized carbons (Fsp3) is 0.250. The third-order valence-electron chi connectivity index (χ3n) is 2.54. The predicted molar refractivity (Wildman–Crippen MR) is 76.7 cm³/mol. The fourth-order valence-electron chi connectivity index (χ4n) is 1.48. The van der Waals surface area contributed by atoms with Crippen LogP contribution in [0.5, 0.6) is 5.75 Å². The number of aliphatic hydroxyl groups excluding tert-OH is 1. The average Bonchev–Trinajstić information content (AvgIpc) is 2.38. The molecule has 0 radical (unpaired) electrons. The highest BCUT2D eigenvalue weighted by atomic mass is 79.9. The van der Waals surface area contributed by atoms with Gasteiger partial charge in [-0.1, -0.05) is 28.9 Å². The van der Waals surface area contributed by atoms with Gasteiger partial charge in [0.25, 0.3) is 5.91 Å².